The van der Waals surface area contributed by atoms with Crippen molar-refractivity contribution in [3.05, 3.63) is 60.2 Å². The van der Waals surface area contributed by atoms with E-state index in [0.29, 0.717) is 29.2 Å². The monoisotopic (exact) mass is 401 g/mol. The van der Waals surface area contributed by atoms with Crippen molar-refractivity contribution < 1.29 is 23.9 Å². The Hall–Kier alpha value is -2.80. The highest BCUT2D eigenvalue weighted by molar-refractivity contribution is 7.98. The maximum absolute atomic E-state index is 12.5. The summed E-state index contributed by atoms with van der Waals surface area (Å²) in [7, 11) is 0. The molecule has 0 heterocycles. The van der Waals surface area contributed by atoms with Gasteiger partial charge in [0.1, 0.15) is 17.5 Å². The third-order valence-electron chi connectivity index (χ3n) is 3.82. The summed E-state index contributed by atoms with van der Waals surface area (Å²) < 4.78 is 10.8. The molecular weight excluding hydrogens is 378 g/mol. The van der Waals surface area contributed by atoms with Crippen LogP contribution in [-0.4, -0.2) is 42.3 Å². The molecule has 0 aliphatic heterocycles. The minimum absolute atomic E-state index is 0.0681. The Morgan fingerprint density at radius 2 is 1.68 bits per heavy atom. The van der Waals surface area contributed by atoms with Crippen LogP contribution in [0.2, 0.25) is 0 Å². The summed E-state index contributed by atoms with van der Waals surface area (Å²) in [5.74, 6) is 0.548. The average Bonchev–Trinajstić information content (AvgIpc) is 2.70. The van der Waals surface area contributed by atoms with Crippen molar-refractivity contribution >= 4 is 29.4 Å². The topological polar surface area (TPSA) is 81.7 Å². The normalized spacial score (nSPS) is 11.4. The number of benzene rings is 2. The first-order chi connectivity index (χ1) is 13.5. The van der Waals surface area contributed by atoms with Crippen LogP contribution in [0.3, 0.4) is 0 Å². The zero-order valence-corrected chi connectivity index (χ0v) is 16.7. The van der Waals surface area contributed by atoms with Crippen LogP contribution in [0.15, 0.2) is 54.6 Å². The van der Waals surface area contributed by atoms with Crippen LogP contribution >= 0.6 is 11.8 Å². The zero-order chi connectivity index (χ0) is 20.4. The van der Waals surface area contributed by atoms with Gasteiger partial charge in [0, 0.05) is 5.56 Å². The summed E-state index contributed by atoms with van der Waals surface area (Å²) in [5, 5.41) is 2.67. The number of esters is 1. The van der Waals surface area contributed by atoms with Gasteiger partial charge in [-0.05, 0) is 61.8 Å². The molecule has 7 heteroatoms. The number of hydrogen-bond donors (Lipinski definition) is 1. The Morgan fingerprint density at radius 3 is 2.29 bits per heavy atom. The molecule has 1 N–H and O–H groups in total. The lowest BCUT2D eigenvalue weighted by Crippen LogP contribution is -2.45. The second-order valence-electron chi connectivity index (χ2n) is 6.00. The average molecular weight is 401 g/mol. The fraction of sp³-hybridized carbons (Fsp3) is 0.286. The van der Waals surface area contributed by atoms with Gasteiger partial charge in [-0.2, -0.15) is 11.8 Å². The van der Waals surface area contributed by atoms with Crippen LogP contribution < -0.4 is 14.8 Å². The first-order valence-corrected chi connectivity index (χ1v) is 10.2. The summed E-state index contributed by atoms with van der Waals surface area (Å²) in [5.41, 5.74) is 0.532. The summed E-state index contributed by atoms with van der Waals surface area (Å²) in [6.45, 7) is 1.27. The van der Waals surface area contributed by atoms with Crippen molar-refractivity contribution in [1.29, 1.82) is 0 Å². The first-order valence-electron chi connectivity index (χ1n) is 8.78. The van der Waals surface area contributed by atoms with Gasteiger partial charge in [-0.1, -0.05) is 18.2 Å². The molecule has 0 radical (unpaired) electrons. The van der Waals surface area contributed by atoms with Crippen molar-refractivity contribution in [2.24, 2.45) is 0 Å². The number of thioether (sulfide) groups is 1. The Labute approximate surface area is 168 Å². The maximum atomic E-state index is 12.5. The van der Waals surface area contributed by atoms with E-state index in [1.807, 2.05) is 24.5 Å². The molecule has 2 rings (SSSR count). The fourth-order valence-electron chi connectivity index (χ4n) is 2.33. The standard InChI is InChI=1S/C21H23NO5S/c1-15(23)16-8-10-18(11-9-16)27-21(25)19(12-13-28-2)22-20(24)14-26-17-6-4-3-5-7-17/h3-11,19H,12-14H2,1-2H3,(H,22,24)/t19-/m1/s1. The molecule has 6 nitrogen and oxygen atoms in total. The van der Waals surface area contributed by atoms with Crippen molar-refractivity contribution in [3.63, 3.8) is 0 Å². The molecular formula is C21H23NO5S. The van der Waals surface area contributed by atoms with Gasteiger partial charge in [0.25, 0.3) is 5.91 Å². The number of ketones is 1. The molecule has 2 aromatic rings. The summed E-state index contributed by atoms with van der Waals surface area (Å²) in [6, 6.07) is 14.5. The number of para-hydroxylation sites is 1. The molecule has 0 fully saturated rings. The maximum Gasteiger partial charge on any atom is 0.334 e. The lowest BCUT2D eigenvalue weighted by molar-refractivity contribution is -0.139. The summed E-state index contributed by atoms with van der Waals surface area (Å²) in [6.07, 6.45) is 2.35. The van der Waals surface area contributed by atoms with Crippen molar-refractivity contribution in [2.45, 2.75) is 19.4 Å². The number of ether oxygens (including phenoxy) is 2. The second-order valence-corrected chi connectivity index (χ2v) is 6.99. The molecule has 0 unspecified atom stereocenters. The number of amides is 1. The minimum Gasteiger partial charge on any atom is -0.484 e. The van der Waals surface area contributed by atoms with Gasteiger partial charge in [0.15, 0.2) is 12.4 Å². The van der Waals surface area contributed by atoms with Gasteiger partial charge in [0.2, 0.25) is 0 Å². The van der Waals surface area contributed by atoms with Crippen LogP contribution in [0.4, 0.5) is 0 Å². The van der Waals surface area contributed by atoms with E-state index in [1.54, 1.807) is 48.2 Å². The van der Waals surface area contributed by atoms with E-state index in [1.165, 1.54) is 6.92 Å². The van der Waals surface area contributed by atoms with Crippen LogP contribution in [0.25, 0.3) is 0 Å². The smallest absolute Gasteiger partial charge is 0.334 e. The highest BCUT2D eigenvalue weighted by Crippen LogP contribution is 2.14. The molecule has 1 atom stereocenters. The highest BCUT2D eigenvalue weighted by Gasteiger charge is 2.23. The van der Waals surface area contributed by atoms with Gasteiger partial charge < -0.3 is 14.8 Å². The quantitative estimate of drug-likeness (QED) is 0.374. The molecule has 0 saturated heterocycles. The zero-order valence-electron chi connectivity index (χ0n) is 15.8. The van der Waals surface area contributed by atoms with Crippen LogP contribution in [0.1, 0.15) is 23.7 Å². The van der Waals surface area contributed by atoms with Gasteiger partial charge >= 0.3 is 5.97 Å². The molecule has 0 bridgehead atoms. The minimum atomic E-state index is -0.785. The van der Waals surface area contributed by atoms with Crippen LogP contribution in [-0.2, 0) is 9.59 Å². The van der Waals surface area contributed by atoms with Gasteiger partial charge in [0.05, 0.1) is 0 Å². The Morgan fingerprint density at radius 1 is 1.00 bits per heavy atom. The molecule has 0 aliphatic carbocycles. The fourth-order valence-corrected chi connectivity index (χ4v) is 2.80. The predicted octanol–water partition coefficient (Wildman–Crippen LogP) is 3.11. The molecule has 2 aromatic carbocycles. The molecule has 28 heavy (non-hydrogen) atoms. The predicted molar refractivity (Wildman–Crippen MR) is 109 cm³/mol. The van der Waals surface area contributed by atoms with Crippen molar-refractivity contribution in [3.8, 4) is 11.5 Å². The highest BCUT2D eigenvalue weighted by atomic mass is 32.2. The largest absolute Gasteiger partial charge is 0.484 e. The van der Waals surface area contributed by atoms with E-state index >= 15 is 0 Å². The molecule has 0 aromatic heterocycles. The first kappa shape index (κ1) is 21.5. The van der Waals surface area contributed by atoms with Crippen molar-refractivity contribution in [2.75, 3.05) is 18.6 Å². The van der Waals surface area contributed by atoms with E-state index in [2.05, 4.69) is 5.32 Å². The van der Waals surface area contributed by atoms with Crippen LogP contribution in [0, 0.1) is 0 Å². The molecule has 1 amide bonds. The van der Waals surface area contributed by atoms with E-state index in [4.69, 9.17) is 9.47 Å². The lowest BCUT2D eigenvalue weighted by atomic mass is 10.1. The Balaban J connectivity index is 1.93. The number of Topliss-reactive ketones (excluding diaryl/α,β-unsaturated/α-hetero) is 1. The molecule has 0 spiro atoms. The van der Waals surface area contributed by atoms with Crippen molar-refractivity contribution in [1.82, 2.24) is 5.32 Å². The van der Waals surface area contributed by atoms with E-state index in [9.17, 15) is 14.4 Å². The van der Waals surface area contributed by atoms with Crippen LogP contribution in [0.5, 0.6) is 11.5 Å². The van der Waals surface area contributed by atoms with E-state index in [-0.39, 0.29) is 12.4 Å². The van der Waals surface area contributed by atoms with E-state index < -0.39 is 17.9 Å². The number of nitrogens with one attached hydrogen (secondary N) is 1. The summed E-state index contributed by atoms with van der Waals surface area (Å²) >= 11 is 1.57. The van der Waals surface area contributed by atoms with Gasteiger partial charge in [-0.15, -0.1) is 0 Å². The summed E-state index contributed by atoms with van der Waals surface area (Å²) in [4.78, 5) is 36.0. The second kappa shape index (κ2) is 11.1. The van der Waals surface area contributed by atoms with Gasteiger partial charge in [-0.25, -0.2) is 4.79 Å². The third-order valence-corrected chi connectivity index (χ3v) is 4.47. The number of carbonyl (C=O) groups is 3. The number of rotatable bonds is 10. The molecule has 148 valence electrons. The molecule has 0 aliphatic rings. The van der Waals surface area contributed by atoms with Gasteiger partial charge in [-0.3, -0.25) is 9.59 Å². The Kier molecular flexibility index (Phi) is 8.55. The molecule has 0 saturated carbocycles. The van der Waals surface area contributed by atoms with E-state index in [0.717, 1.165) is 0 Å². The third kappa shape index (κ3) is 7.08. The lowest BCUT2D eigenvalue weighted by Gasteiger charge is -2.17. The SMILES string of the molecule is CSCC[C@@H](NC(=O)COc1ccccc1)C(=O)Oc1ccc(C(C)=O)cc1. The Bertz CT molecular complexity index is 792. The number of hydrogen-bond acceptors (Lipinski definition) is 6. The number of carbonyl (C=O) groups excluding carboxylic acids is 3.